The van der Waals surface area contributed by atoms with Crippen molar-refractivity contribution in [3.05, 3.63) is 12.4 Å². The van der Waals surface area contributed by atoms with E-state index in [2.05, 4.69) is 15.3 Å². The second kappa shape index (κ2) is 4.67. The van der Waals surface area contributed by atoms with E-state index in [0.29, 0.717) is 0 Å². The molecule has 1 fully saturated rings. The third-order valence-corrected chi connectivity index (χ3v) is 3.03. The Hall–Kier alpha value is -0.480. The SMILES string of the molecule is c1c[nH]c(SCCNCC2CC2)n1. The maximum absolute atomic E-state index is 4.14. The Balaban J connectivity index is 1.48. The van der Waals surface area contributed by atoms with Crippen LogP contribution in [0.1, 0.15) is 12.8 Å². The summed E-state index contributed by atoms with van der Waals surface area (Å²) >= 11 is 1.77. The number of imidazole rings is 1. The second-order valence-electron chi connectivity index (χ2n) is 3.39. The highest BCUT2D eigenvalue weighted by atomic mass is 32.2. The van der Waals surface area contributed by atoms with Gasteiger partial charge in [0.2, 0.25) is 0 Å². The van der Waals surface area contributed by atoms with E-state index in [9.17, 15) is 0 Å². The first-order valence-electron chi connectivity index (χ1n) is 4.78. The third kappa shape index (κ3) is 3.40. The van der Waals surface area contributed by atoms with E-state index in [4.69, 9.17) is 0 Å². The molecular weight excluding hydrogens is 182 g/mol. The minimum Gasteiger partial charge on any atom is -0.340 e. The quantitative estimate of drug-likeness (QED) is 0.536. The molecule has 0 aliphatic heterocycles. The highest BCUT2D eigenvalue weighted by Gasteiger charge is 2.19. The van der Waals surface area contributed by atoms with E-state index in [1.54, 1.807) is 18.0 Å². The number of rotatable bonds is 6. The number of aromatic nitrogens is 2. The molecule has 13 heavy (non-hydrogen) atoms. The van der Waals surface area contributed by atoms with Gasteiger partial charge in [-0.2, -0.15) is 0 Å². The summed E-state index contributed by atoms with van der Waals surface area (Å²) in [6, 6.07) is 0. The molecule has 0 amide bonds. The smallest absolute Gasteiger partial charge is 0.165 e. The summed E-state index contributed by atoms with van der Waals surface area (Å²) in [5.41, 5.74) is 0. The van der Waals surface area contributed by atoms with E-state index in [1.807, 2.05) is 6.20 Å². The van der Waals surface area contributed by atoms with Crippen molar-refractivity contribution in [3.63, 3.8) is 0 Å². The molecule has 2 rings (SSSR count). The van der Waals surface area contributed by atoms with Crippen molar-refractivity contribution >= 4 is 11.8 Å². The fraction of sp³-hybridized carbons (Fsp3) is 0.667. The Morgan fingerprint density at radius 1 is 1.62 bits per heavy atom. The van der Waals surface area contributed by atoms with Crippen molar-refractivity contribution in [2.75, 3.05) is 18.8 Å². The van der Waals surface area contributed by atoms with Crippen LogP contribution in [-0.2, 0) is 0 Å². The Morgan fingerprint density at radius 2 is 2.54 bits per heavy atom. The van der Waals surface area contributed by atoms with Crippen LogP contribution in [0.2, 0.25) is 0 Å². The van der Waals surface area contributed by atoms with Crippen molar-refractivity contribution in [1.82, 2.24) is 15.3 Å². The molecule has 2 N–H and O–H groups in total. The Labute approximate surface area is 82.7 Å². The fourth-order valence-corrected chi connectivity index (χ4v) is 1.90. The van der Waals surface area contributed by atoms with E-state index in [0.717, 1.165) is 23.4 Å². The highest BCUT2D eigenvalue weighted by Crippen LogP contribution is 2.27. The summed E-state index contributed by atoms with van der Waals surface area (Å²) in [5, 5.41) is 4.47. The number of thioether (sulfide) groups is 1. The number of H-pyrrole nitrogens is 1. The van der Waals surface area contributed by atoms with Gasteiger partial charge in [-0.05, 0) is 25.3 Å². The van der Waals surface area contributed by atoms with Crippen LogP contribution in [0.4, 0.5) is 0 Å². The summed E-state index contributed by atoms with van der Waals surface area (Å²) in [5.74, 6) is 2.08. The molecule has 1 aliphatic rings. The molecule has 1 heterocycles. The summed E-state index contributed by atoms with van der Waals surface area (Å²) < 4.78 is 0. The lowest BCUT2D eigenvalue weighted by Crippen LogP contribution is -2.19. The third-order valence-electron chi connectivity index (χ3n) is 2.12. The first-order valence-corrected chi connectivity index (χ1v) is 5.76. The molecule has 3 nitrogen and oxygen atoms in total. The van der Waals surface area contributed by atoms with Gasteiger partial charge in [-0.3, -0.25) is 0 Å². The van der Waals surface area contributed by atoms with E-state index in [-0.39, 0.29) is 0 Å². The monoisotopic (exact) mass is 197 g/mol. The second-order valence-corrected chi connectivity index (χ2v) is 4.47. The van der Waals surface area contributed by atoms with Gasteiger partial charge in [0, 0.05) is 24.7 Å². The summed E-state index contributed by atoms with van der Waals surface area (Å²) in [6.07, 6.45) is 6.51. The van der Waals surface area contributed by atoms with Crippen molar-refractivity contribution in [2.45, 2.75) is 18.0 Å². The van der Waals surface area contributed by atoms with Crippen molar-refractivity contribution < 1.29 is 0 Å². The maximum atomic E-state index is 4.14. The number of nitrogens with one attached hydrogen (secondary N) is 2. The van der Waals surface area contributed by atoms with Gasteiger partial charge in [0.25, 0.3) is 0 Å². The van der Waals surface area contributed by atoms with Crippen LogP contribution in [0.5, 0.6) is 0 Å². The molecule has 1 aliphatic carbocycles. The van der Waals surface area contributed by atoms with Gasteiger partial charge in [0.05, 0.1) is 0 Å². The molecule has 0 aromatic carbocycles. The molecule has 0 unspecified atom stereocenters. The van der Waals surface area contributed by atoms with Crippen LogP contribution in [0, 0.1) is 5.92 Å². The lowest BCUT2D eigenvalue weighted by molar-refractivity contribution is 0.665. The van der Waals surface area contributed by atoms with Crippen LogP contribution in [0.3, 0.4) is 0 Å². The first kappa shape index (κ1) is 9.09. The largest absolute Gasteiger partial charge is 0.340 e. The Bertz CT molecular complexity index is 231. The minimum absolute atomic E-state index is 0.980. The predicted octanol–water partition coefficient (Wildman–Crippen LogP) is 1.50. The van der Waals surface area contributed by atoms with Gasteiger partial charge >= 0.3 is 0 Å². The zero-order valence-corrected chi connectivity index (χ0v) is 8.44. The zero-order chi connectivity index (χ0) is 8.93. The van der Waals surface area contributed by atoms with Crippen LogP contribution in [0.15, 0.2) is 17.6 Å². The molecule has 0 bridgehead atoms. The summed E-state index contributed by atoms with van der Waals surface area (Å²) in [7, 11) is 0. The van der Waals surface area contributed by atoms with Gasteiger partial charge in [0.15, 0.2) is 5.16 Å². The van der Waals surface area contributed by atoms with Crippen molar-refractivity contribution in [1.29, 1.82) is 0 Å². The van der Waals surface area contributed by atoms with Gasteiger partial charge in [-0.15, -0.1) is 0 Å². The molecule has 0 radical (unpaired) electrons. The lowest BCUT2D eigenvalue weighted by atomic mass is 10.4. The molecule has 1 aromatic heterocycles. The Morgan fingerprint density at radius 3 is 3.23 bits per heavy atom. The average molecular weight is 197 g/mol. The van der Waals surface area contributed by atoms with Crippen LogP contribution in [0.25, 0.3) is 0 Å². The van der Waals surface area contributed by atoms with Crippen LogP contribution < -0.4 is 5.32 Å². The highest BCUT2D eigenvalue weighted by molar-refractivity contribution is 7.99. The topological polar surface area (TPSA) is 40.7 Å². The number of nitrogens with zero attached hydrogens (tertiary/aromatic N) is 1. The maximum Gasteiger partial charge on any atom is 0.165 e. The van der Waals surface area contributed by atoms with Gasteiger partial charge < -0.3 is 10.3 Å². The van der Waals surface area contributed by atoms with Gasteiger partial charge in [-0.25, -0.2) is 4.98 Å². The van der Waals surface area contributed by atoms with E-state index < -0.39 is 0 Å². The Kier molecular flexibility index (Phi) is 3.27. The normalized spacial score (nSPS) is 16.3. The summed E-state index contributed by atoms with van der Waals surface area (Å²) in [4.78, 5) is 7.21. The van der Waals surface area contributed by atoms with Gasteiger partial charge in [-0.1, -0.05) is 11.8 Å². The predicted molar refractivity (Wildman–Crippen MR) is 54.9 cm³/mol. The molecule has 1 saturated carbocycles. The molecule has 0 atom stereocenters. The van der Waals surface area contributed by atoms with E-state index >= 15 is 0 Å². The molecule has 1 aromatic rings. The zero-order valence-electron chi connectivity index (χ0n) is 7.62. The number of hydrogen-bond donors (Lipinski definition) is 2. The average Bonchev–Trinajstić information content (AvgIpc) is 2.81. The minimum atomic E-state index is 0.980. The number of hydrogen-bond acceptors (Lipinski definition) is 3. The van der Waals surface area contributed by atoms with Crippen LogP contribution in [-0.4, -0.2) is 28.8 Å². The van der Waals surface area contributed by atoms with E-state index in [1.165, 1.54) is 19.4 Å². The molecule has 4 heteroatoms. The molecule has 72 valence electrons. The van der Waals surface area contributed by atoms with Gasteiger partial charge in [0.1, 0.15) is 0 Å². The van der Waals surface area contributed by atoms with Crippen LogP contribution >= 0.6 is 11.8 Å². The molecule has 0 spiro atoms. The molecular formula is C9H15N3S. The fourth-order valence-electron chi connectivity index (χ4n) is 1.18. The van der Waals surface area contributed by atoms with Crippen molar-refractivity contribution in [2.24, 2.45) is 5.92 Å². The lowest BCUT2D eigenvalue weighted by Gasteiger charge is -2.01. The standard InChI is InChI=1S/C9H15N3S/c1-2-8(1)7-10-5-6-13-9-11-3-4-12-9/h3-4,8,10H,1-2,5-7H2,(H,11,12). The molecule has 0 saturated heterocycles. The first-order chi connectivity index (χ1) is 6.45. The van der Waals surface area contributed by atoms with Crippen molar-refractivity contribution in [3.8, 4) is 0 Å². The number of aromatic amines is 1. The summed E-state index contributed by atoms with van der Waals surface area (Å²) in [6.45, 7) is 2.29.